The van der Waals surface area contributed by atoms with Gasteiger partial charge in [-0.15, -0.1) is 11.3 Å². The number of amides is 2. The lowest BCUT2D eigenvalue weighted by atomic mass is 10.1. The zero-order chi connectivity index (χ0) is 15.4. The third-order valence-electron chi connectivity index (χ3n) is 3.18. The van der Waals surface area contributed by atoms with Crippen molar-refractivity contribution in [1.29, 1.82) is 0 Å². The molecule has 0 fully saturated rings. The van der Waals surface area contributed by atoms with E-state index in [0.29, 0.717) is 11.5 Å². The number of carbonyl (C=O) groups is 2. The second-order valence-corrected chi connectivity index (χ2v) is 5.67. The number of hydrazine groups is 1. The fourth-order valence-corrected chi connectivity index (χ4v) is 2.73. The van der Waals surface area contributed by atoms with Gasteiger partial charge in [0.1, 0.15) is 5.75 Å². The van der Waals surface area contributed by atoms with Crippen molar-refractivity contribution < 1.29 is 14.3 Å². The molecule has 1 aliphatic rings. The first-order valence-electron chi connectivity index (χ1n) is 6.80. The summed E-state index contributed by atoms with van der Waals surface area (Å²) in [6, 6.07) is 9.25. The van der Waals surface area contributed by atoms with E-state index < -0.39 is 0 Å². The molecule has 6 heteroatoms. The van der Waals surface area contributed by atoms with Crippen LogP contribution in [0.5, 0.6) is 5.75 Å². The van der Waals surface area contributed by atoms with Crippen molar-refractivity contribution in [3.63, 3.8) is 0 Å². The Labute approximate surface area is 131 Å². The van der Waals surface area contributed by atoms with E-state index in [0.717, 1.165) is 23.3 Å². The standard InChI is InChI=1S/C16H14N2O3S/c19-15(17-18-16(20)14-2-1-9-22-14)6-4-11-3-5-13-12(10-11)7-8-21-13/h1-6,9-10H,7-8H2,(H,17,19)(H,18,20). The van der Waals surface area contributed by atoms with E-state index >= 15 is 0 Å². The van der Waals surface area contributed by atoms with Gasteiger partial charge in [0.25, 0.3) is 11.8 Å². The minimum Gasteiger partial charge on any atom is -0.493 e. The number of benzene rings is 1. The highest BCUT2D eigenvalue weighted by atomic mass is 32.1. The van der Waals surface area contributed by atoms with Gasteiger partial charge in [0.05, 0.1) is 11.5 Å². The van der Waals surface area contributed by atoms with E-state index in [2.05, 4.69) is 10.9 Å². The van der Waals surface area contributed by atoms with Crippen molar-refractivity contribution >= 4 is 29.2 Å². The fourth-order valence-electron chi connectivity index (χ4n) is 2.11. The Morgan fingerprint density at radius 1 is 1.23 bits per heavy atom. The van der Waals surface area contributed by atoms with Crippen LogP contribution < -0.4 is 15.6 Å². The second kappa shape index (κ2) is 6.44. The van der Waals surface area contributed by atoms with Crippen molar-refractivity contribution in [2.45, 2.75) is 6.42 Å². The van der Waals surface area contributed by atoms with Gasteiger partial charge in [-0.2, -0.15) is 0 Å². The average molecular weight is 314 g/mol. The van der Waals surface area contributed by atoms with Crippen molar-refractivity contribution in [3.8, 4) is 5.75 Å². The molecular weight excluding hydrogens is 300 g/mol. The van der Waals surface area contributed by atoms with E-state index in [-0.39, 0.29) is 11.8 Å². The Morgan fingerprint density at radius 3 is 2.95 bits per heavy atom. The lowest BCUT2D eigenvalue weighted by Gasteiger charge is -2.03. The first-order valence-corrected chi connectivity index (χ1v) is 7.68. The summed E-state index contributed by atoms with van der Waals surface area (Å²) in [5.41, 5.74) is 6.78. The largest absolute Gasteiger partial charge is 0.493 e. The summed E-state index contributed by atoms with van der Waals surface area (Å²) in [7, 11) is 0. The van der Waals surface area contributed by atoms with Gasteiger partial charge >= 0.3 is 0 Å². The quantitative estimate of drug-likeness (QED) is 0.674. The molecule has 0 saturated carbocycles. The van der Waals surface area contributed by atoms with Crippen molar-refractivity contribution in [3.05, 3.63) is 57.8 Å². The lowest BCUT2D eigenvalue weighted by Crippen LogP contribution is -2.40. The molecule has 1 aliphatic heterocycles. The molecule has 1 aromatic heterocycles. The molecule has 3 rings (SSSR count). The summed E-state index contributed by atoms with van der Waals surface area (Å²) in [5.74, 6) is 0.192. The van der Waals surface area contributed by atoms with E-state index in [9.17, 15) is 9.59 Å². The maximum atomic E-state index is 11.7. The predicted octanol–water partition coefficient (Wildman–Crippen LogP) is 2.16. The SMILES string of the molecule is O=C(C=Cc1ccc2c(c1)CCO2)NNC(=O)c1cccs1. The minimum atomic E-state index is -0.387. The Hall–Kier alpha value is -2.60. The predicted molar refractivity (Wildman–Crippen MR) is 84.6 cm³/mol. The van der Waals surface area contributed by atoms with Crippen LogP contribution in [0.15, 0.2) is 41.8 Å². The van der Waals surface area contributed by atoms with E-state index in [1.54, 1.807) is 23.6 Å². The fraction of sp³-hybridized carbons (Fsp3) is 0.125. The van der Waals surface area contributed by atoms with Gasteiger partial charge in [0.2, 0.25) is 0 Å². The molecule has 0 atom stereocenters. The molecule has 0 aliphatic carbocycles. The molecule has 2 aromatic rings. The van der Waals surface area contributed by atoms with Gasteiger partial charge < -0.3 is 4.74 Å². The van der Waals surface area contributed by atoms with Crippen LogP contribution in [0.2, 0.25) is 0 Å². The number of hydrogen-bond donors (Lipinski definition) is 2. The number of fused-ring (bicyclic) bond motifs is 1. The van der Waals surface area contributed by atoms with Crippen LogP contribution >= 0.6 is 11.3 Å². The highest BCUT2D eigenvalue weighted by Gasteiger charge is 2.11. The Bertz CT molecular complexity index is 723. The average Bonchev–Trinajstić information content (AvgIpc) is 3.20. The number of hydrogen-bond acceptors (Lipinski definition) is 4. The summed E-state index contributed by atoms with van der Waals surface area (Å²) in [5, 5.41) is 1.80. The van der Waals surface area contributed by atoms with Gasteiger partial charge in [-0.3, -0.25) is 20.4 Å². The summed E-state index contributed by atoms with van der Waals surface area (Å²) in [6.07, 6.45) is 3.97. The lowest BCUT2D eigenvalue weighted by molar-refractivity contribution is -0.117. The number of ether oxygens (including phenoxy) is 1. The van der Waals surface area contributed by atoms with E-state index in [4.69, 9.17) is 4.74 Å². The van der Waals surface area contributed by atoms with Gasteiger partial charge in [0.15, 0.2) is 0 Å². The number of carbonyl (C=O) groups excluding carboxylic acids is 2. The van der Waals surface area contributed by atoms with Crippen LogP contribution in [0.1, 0.15) is 20.8 Å². The molecule has 2 amide bonds. The normalized spacial score (nSPS) is 12.7. The first-order chi connectivity index (χ1) is 10.7. The zero-order valence-corrected chi connectivity index (χ0v) is 12.5. The topological polar surface area (TPSA) is 67.4 Å². The molecule has 0 spiro atoms. The van der Waals surface area contributed by atoms with Gasteiger partial charge in [-0.25, -0.2) is 0 Å². The van der Waals surface area contributed by atoms with Crippen LogP contribution in [0.3, 0.4) is 0 Å². The van der Waals surface area contributed by atoms with Crippen molar-refractivity contribution in [2.24, 2.45) is 0 Å². The maximum Gasteiger partial charge on any atom is 0.279 e. The maximum absolute atomic E-state index is 11.7. The van der Waals surface area contributed by atoms with Crippen LogP contribution in [-0.4, -0.2) is 18.4 Å². The molecule has 2 heterocycles. The molecule has 0 unspecified atom stereocenters. The summed E-state index contributed by atoms with van der Waals surface area (Å²) < 4.78 is 5.43. The Balaban J connectivity index is 1.54. The molecule has 1 aromatic carbocycles. The third kappa shape index (κ3) is 3.35. The molecule has 0 radical (unpaired) electrons. The van der Waals surface area contributed by atoms with Crippen LogP contribution in [0, 0.1) is 0 Å². The van der Waals surface area contributed by atoms with Crippen LogP contribution in [0.25, 0.3) is 6.08 Å². The van der Waals surface area contributed by atoms with E-state index in [1.807, 2.05) is 18.2 Å². The number of rotatable bonds is 3. The molecule has 5 nitrogen and oxygen atoms in total. The van der Waals surface area contributed by atoms with Gasteiger partial charge in [-0.1, -0.05) is 12.1 Å². The summed E-state index contributed by atoms with van der Waals surface area (Å²) in [6.45, 7) is 0.706. The molecule has 22 heavy (non-hydrogen) atoms. The molecular formula is C16H14N2O3S. The van der Waals surface area contributed by atoms with Crippen LogP contribution in [0.4, 0.5) is 0 Å². The highest BCUT2D eigenvalue weighted by molar-refractivity contribution is 7.12. The highest BCUT2D eigenvalue weighted by Crippen LogP contribution is 2.26. The minimum absolute atomic E-state index is 0.327. The molecule has 0 bridgehead atoms. The smallest absolute Gasteiger partial charge is 0.279 e. The third-order valence-corrected chi connectivity index (χ3v) is 4.05. The Morgan fingerprint density at radius 2 is 2.14 bits per heavy atom. The number of thiophene rings is 1. The Kier molecular flexibility index (Phi) is 4.20. The monoisotopic (exact) mass is 314 g/mol. The number of nitrogens with one attached hydrogen (secondary N) is 2. The van der Waals surface area contributed by atoms with Crippen molar-refractivity contribution in [2.75, 3.05) is 6.61 Å². The summed E-state index contributed by atoms with van der Waals surface area (Å²) >= 11 is 1.31. The first kappa shape index (κ1) is 14.3. The molecule has 2 N–H and O–H groups in total. The molecule has 0 saturated heterocycles. The second-order valence-electron chi connectivity index (χ2n) is 4.72. The van der Waals surface area contributed by atoms with Gasteiger partial charge in [0, 0.05) is 12.5 Å². The molecule has 112 valence electrons. The van der Waals surface area contributed by atoms with Gasteiger partial charge in [-0.05, 0) is 40.8 Å². The van der Waals surface area contributed by atoms with Crippen LogP contribution in [-0.2, 0) is 11.2 Å². The zero-order valence-electron chi connectivity index (χ0n) is 11.7. The van der Waals surface area contributed by atoms with Crippen molar-refractivity contribution in [1.82, 2.24) is 10.9 Å². The summed E-state index contributed by atoms with van der Waals surface area (Å²) in [4.78, 5) is 23.9. The van der Waals surface area contributed by atoms with E-state index in [1.165, 1.54) is 17.4 Å².